The van der Waals surface area contributed by atoms with Crippen molar-refractivity contribution in [1.82, 2.24) is 10.1 Å². The Bertz CT molecular complexity index is 947. The first kappa shape index (κ1) is 19.5. The molecule has 0 saturated carbocycles. The molecule has 1 heterocycles. The molecule has 3 rings (SSSR count). The zero-order valence-electron chi connectivity index (χ0n) is 15.4. The molecule has 144 valence electrons. The largest absolute Gasteiger partial charge is 0.361 e. The summed E-state index contributed by atoms with van der Waals surface area (Å²) in [5.74, 6) is -0.994. The van der Waals surface area contributed by atoms with E-state index in [1.54, 1.807) is 7.05 Å². The van der Waals surface area contributed by atoms with Gasteiger partial charge < -0.3 is 9.42 Å². The molecular formula is C22H20F2N2O2. The van der Waals surface area contributed by atoms with Gasteiger partial charge in [-0.05, 0) is 24.6 Å². The Kier molecular flexibility index (Phi) is 6.32. The fourth-order valence-electron chi connectivity index (χ4n) is 2.73. The maximum Gasteiger partial charge on any atom is 0.246 e. The molecule has 2 aromatic carbocycles. The van der Waals surface area contributed by atoms with Gasteiger partial charge in [-0.1, -0.05) is 41.6 Å². The predicted octanol–water partition coefficient (Wildman–Crippen LogP) is 4.72. The summed E-state index contributed by atoms with van der Waals surface area (Å²) >= 11 is 0. The number of rotatable bonds is 7. The summed E-state index contributed by atoms with van der Waals surface area (Å²) in [5.41, 5.74) is 1.53. The van der Waals surface area contributed by atoms with Gasteiger partial charge in [0.2, 0.25) is 5.91 Å². The lowest BCUT2D eigenvalue weighted by Crippen LogP contribution is -2.26. The lowest BCUT2D eigenvalue weighted by Gasteiger charge is -2.14. The maximum atomic E-state index is 13.6. The highest BCUT2D eigenvalue weighted by molar-refractivity contribution is 5.91. The summed E-state index contributed by atoms with van der Waals surface area (Å²) in [7, 11) is 1.64. The minimum Gasteiger partial charge on any atom is -0.361 e. The highest BCUT2D eigenvalue weighted by atomic mass is 19.1. The van der Waals surface area contributed by atoms with Gasteiger partial charge in [0, 0.05) is 43.3 Å². The Labute approximate surface area is 162 Å². The van der Waals surface area contributed by atoms with Crippen LogP contribution < -0.4 is 0 Å². The van der Waals surface area contributed by atoms with E-state index in [-0.39, 0.29) is 11.5 Å². The Hall–Kier alpha value is -3.28. The van der Waals surface area contributed by atoms with Crippen molar-refractivity contribution in [3.8, 4) is 11.3 Å². The molecule has 0 saturated heterocycles. The number of halogens is 2. The highest BCUT2D eigenvalue weighted by Crippen LogP contribution is 2.19. The van der Waals surface area contributed by atoms with Crippen LogP contribution >= 0.6 is 0 Å². The molecule has 6 heteroatoms. The van der Waals surface area contributed by atoms with Crippen LogP contribution in [0, 0.1) is 11.6 Å². The number of benzene rings is 2. The van der Waals surface area contributed by atoms with E-state index in [1.165, 1.54) is 17.0 Å². The predicted molar refractivity (Wildman–Crippen MR) is 103 cm³/mol. The normalized spacial score (nSPS) is 11.1. The molecule has 0 aliphatic heterocycles. The average molecular weight is 382 g/mol. The Morgan fingerprint density at radius 1 is 1.11 bits per heavy atom. The van der Waals surface area contributed by atoms with Gasteiger partial charge in [0.05, 0.1) is 0 Å². The van der Waals surface area contributed by atoms with Gasteiger partial charge in [-0.3, -0.25) is 4.79 Å². The second kappa shape index (κ2) is 9.08. The van der Waals surface area contributed by atoms with Crippen molar-refractivity contribution in [3.63, 3.8) is 0 Å². The fourth-order valence-corrected chi connectivity index (χ4v) is 2.73. The molecule has 0 unspecified atom stereocenters. The van der Waals surface area contributed by atoms with Crippen LogP contribution in [0.4, 0.5) is 8.78 Å². The van der Waals surface area contributed by atoms with Crippen molar-refractivity contribution in [3.05, 3.63) is 83.6 Å². The second-order valence-corrected chi connectivity index (χ2v) is 6.38. The first-order valence-electron chi connectivity index (χ1n) is 8.93. The molecule has 0 bridgehead atoms. The smallest absolute Gasteiger partial charge is 0.246 e. The van der Waals surface area contributed by atoms with Crippen molar-refractivity contribution in [2.24, 2.45) is 0 Å². The van der Waals surface area contributed by atoms with E-state index >= 15 is 0 Å². The number of aryl methyl sites for hydroxylation is 1. The molecule has 0 N–H and O–H groups in total. The molecule has 0 aliphatic rings. The highest BCUT2D eigenvalue weighted by Gasteiger charge is 2.10. The number of amides is 1. The van der Waals surface area contributed by atoms with Crippen molar-refractivity contribution < 1.29 is 18.1 Å². The van der Waals surface area contributed by atoms with Gasteiger partial charge >= 0.3 is 0 Å². The lowest BCUT2D eigenvalue weighted by molar-refractivity contribution is -0.124. The van der Waals surface area contributed by atoms with Crippen LogP contribution in [0.3, 0.4) is 0 Å². The van der Waals surface area contributed by atoms with Crippen LogP contribution in [0.15, 0.2) is 65.2 Å². The minimum atomic E-state index is -0.703. The number of carbonyl (C=O) groups is 1. The molecule has 0 atom stereocenters. The van der Waals surface area contributed by atoms with Crippen LogP contribution in [0.25, 0.3) is 17.3 Å². The topological polar surface area (TPSA) is 46.3 Å². The maximum absolute atomic E-state index is 13.6. The van der Waals surface area contributed by atoms with Crippen LogP contribution in [0.5, 0.6) is 0 Å². The van der Waals surface area contributed by atoms with E-state index in [1.807, 2.05) is 36.4 Å². The van der Waals surface area contributed by atoms with E-state index in [9.17, 15) is 13.6 Å². The molecule has 3 aromatic rings. The Balaban J connectivity index is 1.50. The number of likely N-dealkylation sites (N-methyl/N-ethyl adjacent to an activating group) is 1. The van der Waals surface area contributed by atoms with Gasteiger partial charge in [0.25, 0.3) is 0 Å². The monoisotopic (exact) mass is 382 g/mol. The SMILES string of the molecule is CN(CCCc1cc(-c2ccccc2)no1)C(=O)/C=C/c1c(F)cccc1F. The summed E-state index contributed by atoms with van der Waals surface area (Å²) in [4.78, 5) is 13.6. The van der Waals surface area contributed by atoms with Crippen LogP contribution in [0.2, 0.25) is 0 Å². The van der Waals surface area contributed by atoms with Crippen molar-refractivity contribution in [1.29, 1.82) is 0 Å². The summed E-state index contributed by atoms with van der Waals surface area (Å²) in [6, 6.07) is 15.2. The summed E-state index contributed by atoms with van der Waals surface area (Å²) in [6.07, 6.45) is 3.63. The molecule has 1 amide bonds. The molecule has 0 aliphatic carbocycles. The van der Waals surface area contributed by atoms with E-state index in [2.05, 4.69) is 5.16 Å². The number of carbonyl (C=O) groups excluding carboxylic acids is 1. The van der Waals surface area contributed by atoms with Crippen molar-refractivity contribution >= 4 is 12.0 Å². The van der Waals surface area contributed by atoms with Crippen molar-refractivity contribution in [2.75, 3.05) is 13.6 Å². The standard InChI is InChI=1S/C22H20F2N2O2/c1-26(22(27)13-12-18-19(23)10-5-11-20(18)24)14-6-9-17-15-21(25-28-17)16-7-3-2-4-8-16/h2-5,7-8,10-13,15H,6,9,14H2,1H3/b13-12+. The summed E-state index contributed by atoms with van der Waals surface area (Å²) in [5, 5.41) is 4.06. The molecule has 0 radical (unpaired) electrons. The quantitative estimate of drug-likeness (QED) is 0.555. The zero-order chi connectivity index (χ0) is 19.9. The first-order chi connectivity index (χ1) is 13.5. The Morgan fingerprint density at radius 3 is 2.54 bits per heavy atom. The number of aromatic nitrogens is 1. The minimum absolute atomic E-state index is 0.223. The lowest BCUT2D eigenvalue weighted by atomic mass is 10.1. The van der Waals surface area contributed by atoms with Crippen LogP contribution in [-0.4, -0.2) is 29.6 Å². The van der Waals surface area contributed by atoms with Gasteiger partial charge in [-0.15, -0.1) is 0 Å². The van der Waals surface area contributed by atoms with E-state index < -0.39 is 11.6 Å². The van der Waals surface area contributed by atoms with Crippen LogP contribution in [0.1, 0.15) is 17.7 Å². The number of nitrogens with zero attached hydrogens (tertiary/aromatic N) is 2. The number of hydrogen-bond donors (Lipinski definition) is 0. The van der Waals surface area contributed by atoms with Crippen molar-refractivity contribution in [2.45, 2.75) is 12.8 Å². The summed E-state index contributed by atoms with van der Waals surface area (Å²) < 4.78 is 32.5. The second-order valence-electron chi connectivity index (χ2n) is 6.38. The molecule has 4 nitrogen and oxygen atoms in total. The molecule has 0 spiro atoms. The fraction of sp³-hybridized carbons (Fsp3) is 0.182. The van der Waals surface area contributed by atoms with E-state index in [0.29, 0.717) is 19.4 Å². The van der Waals surface area contributed by atoms with E-state index in [0.717, 1.165) is 35.2 Å². The third-order valence-corrected chi connectivity index (χ3v) is 4.31. The molecule has 1 aromatic heterocycles. The van der Waals surface area contributed by atoms with Gasteiger partial charge in [0.15, 0.2) is 0 Å². The third kappa shape index (κ3) is 4.91. The number of hydrogen-bond acceptors (Lipinski definition) is 3. The molecular weight excluding hydrogens is 362 g/mol. The third-order valence-electron chi connectivity index (χ3n) is 4.31. The van der Waals surface area contributed by atoms with Gasteiger partial charge in [-0.25, -0.2) is 8.78 Å². The van der Waals surface area contributed by atoms with Crippen LogP contribution in [-0.2, 0) is 11.2 Å². The zero-order valence-corrected chi connectivity index (χ0v) is 15.4. The molecule has 0 fully saturated rings. The molecule has 28 heavy (non-hydrogen) atoms. The summed E-state index contributed by atoms with van der Waals surface area (Å²) in [6.45, 7) is 0.476. The van der Waals surface area contributed by atoms with Gasteiger partial charge in [-0.2, -0.15) is 0 Å². The first-order valence-corrected chi connectivity index (χ1v) is 8.93. The van der Waals surface area contributed by atoms with Gasteiger partial charge in [0.1, 0.15) is 23.1 Å². The Morgan fingerprint density at radius 2 is 1.82 bits per heavy atom. The van der Waals surface area contributed by atoms with E-state index in [4.69, 9.17) is 4.52 Å². The average Bonchev–Trinajstić information content (AvgIpc) is 3.17.